The summed E-state index contributed by atoms with van der Waals surface area (Å²) in [4.78, 5) is 15.4. The molecule has 0 aliphatic heterocycles. The van der Waals surface area contributed by atoms with E-state index in [4.69, 9.17) is 0 Å². The van der Waals surface area contributed by atoms with E-state index in [1.807, 2.05) is 18.5 Å². The number of aromatic amines is 3. The minimum atomic E-state index is 1.07. The molecule has 0 radical (unpaired) electrons. The van der Waals surface area contributed by atoms with Crippen LogP contribution in [0.4, 0.5) is 0 Å². The van der Waals surface area contributed by atoms with Crippen molar-refractivity contribution in [1.82, 2.24) is 33.6 Å². The minimum absolute atomic E-state index is 1.07. The molecule has 560 valence electrons. The number of fused-ring (bicyclic) bond motifs is 24. The Morgan fingerprint density at radius 2 is 0.458 bits per heavy atom. The lowest BCUT2D eigenvalue weighted by Gasteiger charge is -2.11. The highest BCUT2D eigenvalue weighted by Gasteiger charge is 2.22. The number of nitrogens with one attached hydrogen (secondary N) is 3. The van der Waals surface area contributed by atoms with Crippen LogP contribution in [0.5, 0.6) is 0 Å². The molecule has 0 saturated heterocycles. The van der Waals surface area contributed by atoms with Gasteiger partial charge in [0.1, 0.15) is 0 Å². The average Bonchev–Trinajstić information content (AvgIpc) is 1.54. The van der Waals surface area contributed by atoms with Gasteiger partial charge in [-0.1, -0.05) is 279 Å². The van der Waals surface area contributed by atoms with Gasteiger partial charge in [0.05, 0.1) is 45.0 Å². The molecule has 0 aliphatic carbocycles. The van der Waals surface area contributed by atoms with E-state index in [-0.39, 0.29) is 0 Å². The molecule has 0 atom stereocenters. The third kappa shape index (κ3) is 11.1. The number of pyridine rings is 1. The first-order valence-electron chi connectivity index (χ1n) is 41.1. The number of aromatic nitrogens is 7. The highest BCUT2D eigenvalue weighted by Crippen LogP contribution is 2.46. The second kappa shape index (κ2) is 27.8. The lowest BCUT2D eigenvalue weighted by molar-refractivity contribution is 1.14. The van der Waals surface area contributed by atoms with Gasteiger partial charge in [-0.3, -0.25) is 4.98 Å². The van der Waals surface area contributed by atoms with Crippen LogP contribution >= 0.6 is 0 Å². The van der Waals surface area contributed by atoms with Gasteiger partial charge in [0, 0.05) is 115 Å². The number of hydrogen-bond acceptors (Lipinski definition) is 1. The molecule has 0 bridgehead atoms. The molecule has 0 fully saturated rings. The molecule has 7 heterocycles. The molecule has 0 aliphatic rings. The van der Waals surface area contributed by atoms with Crippen molar-refractivity contribution in [2.45, 2.75) is 0 Å². The maximum absolute atomic E-state index is 4.38. The first-order valence-corrected chi connectivity index (χ1v) is 41.1. The van der Waals surface area contributed by atoms with Gasteiger partial charge in [-0.25, -0.2) is 0 Å². The molecule has 3 N–H and O–H groups in total. The van der Waals surface area contributed by atoms with Gasteiger partial charge in [0.2, 0.25) is 0 Å². The maximum atomic E-state index is 4.38. The predicted octanol–water partition coefficient (Wildman–Crippen LogP) is 30.4. The summed E-state index contributed by atoms with van der Waals surface area (Å²) in [6.45, 7) is 0. The Hall–Kier alpha value is -16.1. The number of hydrogen-bond donors (Lipinski definition) is 3. The van der Waals surface area contributed by atoms with Crippen molar-refractivity contribution in [2.24, 2.45) is 0 Å². The molecule has 120 heavy (non-hydrogen) atoms. The van der Waals surface area contributed by atoms with E-state index in [0.29, 0.717) is 0 Å². The van der Waals surface area contributed by atoms with Crippen LogP contribution in [0.25, 0.3) is 236 Å². The lowest BCUT2D eigenvalue weighted by Crippen LogP contribution is -1.93. The van der Waals surface area contributed by atoms with Gasteiger partial charge in [-0.15, -0.1) is 0 Å². The summed E-state index contributed by atoms with van der Waals surface area (Å²) in [6.07, 6.45) is 3.75. The zero-order chi connectivity index (χ0) is 78.9. The van der Waals surface area contributed by atoms with E-state index < -0.39 is 0 Å². The lowest BCUT2D eigenvalue weighted by atomic mass is 9.93. The molecule has 26 aromatic rings. The second-order valence-electron chi connectivity index (χ2n) is 31.5. The van der Waals surface area contributed by atoms with Gasteiger partial charge in [-0.05, 0) is 221 Å². The zero-order valence-electron chi connectivity index (χ0n) is 65.2. The number of para-hydroxylation sites is 8. The Morgan fingerprint density at radius 3 is 0.883 bits per heavy atom. The normalized spacial score (nSPS) is 11.8. The van der Waals surface area contributed by atoms with E-state index in [9.17, 15) is 0 Å². The Balaban J connectivity index is 0.000000103. The maximum Gasteiger partial charge on any atom is 0.0645 e. The fourth-order valence-electron chi connectivity index (χ4n) is 19.5. The number of benzene rings is 19. The second-order valence-corrected chi connectivity index (χ2v) is 31.5. The Kier molecular flexibility index (Phi) is 15.9. The molecule has 26 rings (SSSR count). The Morgan fingerprint density at radius 1 is 0.167 bits per heavy atom. The molecule has 7 nitrogen and oxygen atoms in total. The highest BCUT2D eigenvalue weighted by molar-refractivity contribution is 6.27. The van der Waals surface area contributed by atoms with Crippen molar-refractivity contribution < 1.29 is 0 Å². The summed E-state index contributed by atoms with van der Waals surface area (Å²) < 4.78 is 7.04. The molecule has 0 amide bonds. The first-order chi connectivity index (χ1) is 59.5. The van der Waals surface area contributed by atoms with E-state index in [2.05, 4.69) is 440 Å². The topological polar surface area (TPSA) is 75.0 Å². The van der Waals surface area contributed by atoms with Gasteiger partial charge in [0.15, 0.2) is 0 Å². The number of H-pyrrole nitrogens is 3. The smallest absolute Gasteiger partial charge is 0.0645 e. The Bertz CT molecular complexity index is 8590. The first kappa shape index (κ1) is 68.3. The van der Waals surface area contributed by atoms with Crippen molar-refractivity contribution >= 4 is 163 Å². The quantitative estimate of drug-likeness (QED) is 0.139. The van der Waals surface area contributed by atoms with Crippen LogP contribution in [-0.4, -0.2) is 33.6 Å². The molecular weight excluding hydrogens is 1460 g/mol. The molecule has 0 spiro atoms. The van der Waals surface area contributed by atoms with E-state index in [1.165, 1.54) is 230 Å². The summed E-state index contributed by atoms with van der Waals surface area (Å²) >= 11 is 0. The summed E-state index contributed by atoms with van der Waals surface area (Å²) in [6, 6.07) is 149. The molecule has 0 saturated carbocycles. The van der Waals surface area contributed by atoms with E-state index in [1.54, 1.807) is 0 Å². The summed E-state index contributed by atoms with van der Waals surface area (Å²) in [5, 5.41) is 22.9. The fourth-order valence-corrected chi connectivity index (χ4v) is 19.5. The largest absolute Gasteiger partial charge is 0.354 e. The molecule has 19 aromatic carbocycles. The van der Waals surface area contributed by atoms with Crippen LogP contribution in [0.2, 0.25) is 0 Å². The van der Waals surface area contributed by atoms with Crippen LogP contribution in [0.1, 0.15) is 0 Å². The number of rotatable bonds is 8. The van der Waals surface area contributed by atoms with Gasteiger partial charge < -0.3 is 28.7 Å². The van der Waals surface area contributed by atoms with E-state index in [0.717, 1.165) is 5.69 Å². The number of nitrogens with zero attached hydrogens (tertiary/aromatic N) is 4. The van der Waals surface area contributed by atoms with Crippen molar-refractivity contribution in [3.63, 3.8) is 0 Å². The molecule has 0 unspecified atom stereocenters. The highest BCUT2D eigenvalue weighted by atomic mass is 15.0. The minimum Gasteiger partial charge on any atom is -0.354 e. The Labute approximate surface area is 689 Å². The monoisotopic (exact) mass is 1530 g/mol. The van der Waals surface area contributed by atoms with Crippen molar-refractivity contribution in [3.05, 3.63) is 425 Å². The van der Waals surface area contributed by atoms with Gasteiger partial charge in [-0.2, -0.15) is 0 Å². The summed E-state index contributed by atoms with van der Waals surface area (Å²) in [5.41, 5.74) is 30.0. The van der Waals surface area contributed by atoms with Crippen molar-refractivity contribution in [2.75, 3.05) is 0 Å². The van der Waals surface area contributed by atoms with Gasteiger partial charge >= 0.3 is 0 Å². The van der Waals surface area contributed by atoms with E-state index >= 15 is 0 Å². The standard InChI is InChI=1S/2C40H26N2.C33H21N3/c1-2-13-29(14-3-1)42-38-20-9-7-16-31(38)35-24-27(21-22-39(35)42)26-11-10-12-28(23-26)34-25-37-40(32-17-5-4-15-30(32)34)33-18-6-8-19-36(33)41-37;1-2-10-29(11-3-1)42-38-17-9-7-13-31(38)35-24-28(22-23-39(35)42)26-18-20-27(21-19-26)34-25-37-40(32-14-5-4-12-30(32)34)33-15-6-8-16-36(33)41-37;1-2-11-25-23(9-1)27(19-30-33(25)26-12-3-5-13-29(26)35-30)21-15-16-32-28(18-21)24-10-4-6-14-31(24)36(32)22-8-7-17-34-20-22/h2*1-25,41H;1-20,35H. The average molecular weight is 1530 g/mol. The predicted molar refractivity (Wildman–Crippen MR) is 508 cm³/mol. The summed E-state index contributed by atoms with van der Waals surface area (Å²) in [5.74, 6) is 0. The van der Waals surface area contributed by atoms with Crippen molar-refractivity contribution in [3.8, 4) is 72.7 Å². The van der Waals surface area contributed by atoms with Crippen LogP contribution in [0.3, 0.4) is 0 Å². The third-order valence-electron chi connectivity index (χ3n) is 24.8. The zero-order valence-corrected chi connectivity index (χ0v) is 65.2. The van der Waals surface area contributed by atoms with Crippen LogP contribution in [0, 0.1) is 0 Å². The van der Waals surface area contributed by atoms with Crippen LogP contribution in [-0.2, 0) is 0 Å². The van der Waals surface area contributed by atoms with Crippen LogP contribution in [0.15, 0.2) is 425 Å². The summed E-state index contributed by atoms with van der Waals surface area (Å²) in [7, 11) is 0. The SMILES string of the molecule is c1ccc(-n2c3ccccc3c3cc(-c4ccc(-c5cc6[nH]c7ccccc7c6c6ccccc56)cc4)ccc32)cc1.c1ccc(-n2c3ccccc3c3cc(-c4cccc(-c5cc6[nH]c7ccccc7c6c6ccccc56)c4)ccc32)cc1.c1cncc(-n2c3ccccc3c3cc(-c4cc5[nH]c6ccccc6c5c5ccccc45)ccc32)c1. The molecular formula is C113H73N7. The molecule has 7 heteroatoms. The molecule has 7 aromatic heterocycles. The van der Waals surface area contributed by atoms with Crippen LogP contribution < -0.4 is 0 Å². The third-order valence-corrected chi connectivity index (χ3v) is 24.8. The van der Waals surface area contributed by atoms with Crippen molar-refractivity contribution in [1.29, 1.82) is 0 Å². The fraction of sp³-hybridized carbons (Fsp3) is 0. The van der Waals surface area contributed by atoms with Gasteiger partial charge in [0.25, 0.3) is 0 Å².